The summed E-state index contributed by atoms with van der Waals surface area (Å²) in [5.74, 6) is 0.407. The van der Waals surface area contributed by atoms with Gasteiger partial charge < -0.3 is 15.0 Å². The van der Waals surface area contributed by atoms with Crippen molar-refractivity contribution in [3.8, 4) is 0 Å². The van der Waals surface area contributed by atoms with Gasteiger partial charge in [0.25, 0.3) is 0 Å². The molecule has 152 valence electrons. The molecule has 1 aliphatic rings. The van der Waals surface area contributed by atoms with Crippen LogP contribution in [0, 0.1) is 5.82 Å². The molecule has 3 N–H and O–H groups in total. The summed E-state index contributed by atoms with van der Waals surface area (Å²) in [5.41, 5.74) is 0.907. The standard InChI is InChI=1S/C18H23FN4O3S2/c1-12-10-23(11-16(26-12)13-3-5-14(19)6-4-13)18(21-2)22-9-15-7-8-17(27-15)28(20,24)25/h3-8,12,16H,9-11H2,1-2H3,(H,21,22)(H2,20,24,25). The fraction of sp³-hybridized carbons (Fsp3) is 0.389. The van der Waals surface area contributed by atoms with Crippen LogP contribution in [0.2, 0.25) is 0 Å². The average molecular weight is 427 g/mol. The first-order chi connectivity index (χ1) is 13.3. The Morgan fingerprint density at radius 2 is 2.04 bits per heavy atom. The lowest BCUT2D eigenvalue weighted by atomic mass is 10.1. The van der Waals surface area contributed by atoms with E-state index >= 15 is 0 Å². The van der Waals surface area contributed by atoms with Gasteiger partial charge in [0.05, 0.1) is 19.2 Å². The first-order valence-electron chi connectivity index (χ1n) is 8.74. The molecular weight excluding hydrogens is 403 g/mol. The van der Waals surface area contributed by atoms with Crippen molar-refractivity contribution in [1.29, 1.82) is 0 Å². The van der Waals surface area contributed by atoms with E-state index in [0.29, 0.717) is 25.6 Å². The van der Waals surface area contributed by atoms with Gasteiger partial charge in [0.1, 0.15) is 16.1 Å². The van der Waals surface area contributed by atoms with Gasteiger partial charge in [-0.15, -0.1) is 11.3 Å². The minimum absolute atomic E-state index is 0.0296. The number of nitrogens with one attached hydrogen (secondary N) is 1. The Morgan fingerprint density at radius 1 is 1.32 bits per heavy atom. The lowest BCUT2D eigenvalue weighted by Crippen LogP contribution is -2.50. The molecule has 2 aromatic rings. The Hall–Kier alpha value is -2.01. The van der Waals surface area contributed by atoms with Crippen molar-refractivity contribution >= 4 is 27.3 Å². The minimum atomic E-state index is -3.69. The summed E-state index contributed by atoms with van der Waals surface area (Å²) >= 11 is 1.13. The summed E-state index contributed by atoms with van der Waals surface area (Å²) in [7, 11) is -1.99. The number of guanidine groups is 1. The first-order valence-corrected chi connectivity index (χ1v) is 11.1. The number of halogens is 1. The molecule has 0 spiro atoms. The molecule has 0 aliphatic carbocycles. The number of morpholine rings is 1. The Kier molecular flexibility index (Phi) is 6.33. The third-order valence-corrected chi connectivity index (χ3v) is 6.88. The van der Waals surface area contributed by atoms with Crippen LogP contribution in [-0.2, 0) is 21.3 Å². The Labute approximate surface area is 168 Å². The van der Waals surface area contributed by atoms with Crippen LogP contribution in [0.1, 0.15) is 23.5 Å². The van der Waals surface area contributed by atoms with Gasteiger partial charge in [0, 0.05) is 18.5 Å². The van der Waals surface area contributed by atoms with Gasteiger partial charge in [-0.2, -0.15) is 0 Å². The predicted octanol–water partition coefficient (Wildman–Crippen LogP) is 2.07. The van der Waals surface area contributed by atoms with Crippen LogP contribution in [0.5, 0.6) is 0 Å². The molecule has 0 bridgehead atoms. The lowest BCUT2D eigenvalue weighted by Gasteiger charge is -2.38. The second-order valence-electron chi connectivity index (χ2n) is 6.56. The van der Waals surface area contributed by atoms with Crippen LogP contribution in [0.4, 0.5) is 4.39 Å². The van der Waals surface area contributed by atoms with E-state index in [-0.39, 0.29) is 22.2 Å². The highest BCUT2D eigenvalue weighted by Crippen LogP contribution is 2.26. The zero-order valence-corrected chi connectivity index (χ0v) is 17.3. The summed E-state index contributed by atoms with van der Waals surface area (Å²) in [6, 6.07) is 9.54. The maximum atomic E-state index is 13.2. The Balaban J connectivity index is 1.67. The van der Waals surface area contributed by atoms with Crippen molar-refractivity contribution in [2.24, 2.45) is 10.1 Å². The van der Waals surface area contributed by atoms with Crippen LogP contribution in [0.15, 0.2) is 45.6 Å². The van der Waals surface area contributed by atoms with Crippen LogP contribution >= 0.6 is 11.3 Å². The predicted molar refractivity (Wildman–Crippen MR) is 107 cm³/mol. The van der Waals surface area contributed by atoms with E-state index in [1.807, 2.05) is 6.92 Å². The number of primary sulfonamides is 1. The molecule has 2 heterocycles. The summed E-state index contributed by atoms with van der Waals surface area (Å²) in [6.45, 7) is 3.64. The summed E-state index contributed by atoms with van der Waals surface area (Å²) in [5, 5.41) is 8.41. The first kappa shape index (κ1) is 20.7. The van der Waals surface area contributed by atoms with E-state index < -0.39 is 10.0 Å². The molecule has 1 fully saturated rings. The zero-order chi connectivity index (χ0) is 20.3. The van der Waals surface area contributed by atoms with Gasteiger partial charge >= 0.3 is 0 Å². The Bertz CT molecular complexity index is 944. The van der Waals surface area contributed by atoms with Crippen LogP contribution in [0.25, 0.3) is 0 Å². The number of hydrogen-bond acceptors (Lipinski definition) is 5. The molecule has 0 radical (unpaired) electrons. The van der Waals surface area contributed by atoms with Crippen molar-refractivity contribution in [3.63, 3.8) is 0 Å². The second-order valence-corrected chi connectivity index (χ2v) is 9.51. The molecule has 1 aliphatic heterocycles. The number of rotatable bonds is 4. The molecule has 1 aromatic carbocycles. The Morgan fingerprint density at radius 3 is 2.64 bits per heavy atom. The van der Waals surface area contributed by atoms with Crippen molar-refractivity contribution in [2.75, 3.05) is 20.1 Å². The summed E-state index contributed by atoms with van der Waals surface area (Å²) in [6.07, 6.45) is -0.225. The number of thiophene rings is 1. The van der Waals surface area contributed by atoms with E-state index in [2.05, 4.69) is 15.2 Å². The van der Waals surface area contributed by atoms with Crippen LogP contribution in [-0.4, -0.2) is 45.5 Å². The summed E-state index contributed by atoms with van der Waals surface area (Å²) < 4.78 is 42.2. The quantitative estimate of drug-likeness (QED) is 0.576. The van der Waals surface area contributed by atoms with E-state index in [1.165, 1.54) is 18.2 Å². The van der Waals surface area contributed by atoms with E-state index in [1.54, 1.807) is 25.2 Å². The molecule has 3 rings (SSSR count). The van der Waals surface area contributed by atoms with Gasteiger partial charge in [-0.3, -0.25) is 4.99 Å². The monoisotopic (exact) mass is 426 g/mol. The van der Waals surface area contributed by atoms with Gasteiger partial charge in [-0.25, -0.2) is 17.9 Å². The third-order valence-electron chi connectivity index (χ3n) is 4.35. The molecule has 1 aromatic heterocycles. The fourth-order valence-electron chi connectivity index (χ4n) is 3.09. The highest BCUT2D eigenvalue weighted by molar-refractivity contribution is 7.91. The average Bonchev–Trinajstić information content (AvgIpc) is 3.12. The van der Waals surface area contributed by atoms with E-state index in [0.717, 1.165) is 21.8 Å². The maximum Gasteiger partial charge on any atom is 0.247 e. The SMILES string of the molecule is CN=C(NCc1ccc(S(N)(=O)=O)s1)N1CC(C)OC(c2ccc(F)cc2)C1. The highest BCUT2D eigenvalue weighted by Gasteiger charge is 2.28. The number of ether oxygens (including phenoxy) is 1. The number of aliphatic imine (C=N–C) groups is 1. The number of nitrogens with zero attached hydrogens (tertiary/aromatic N) is 2. The second kappa shape index (κ2) is 8.56. The summed E-state index contributed by atoms with van der Waals surface area (Å²) in [4.78, 5) is 7.25. The molecule has 2 unspecified atom stereocenters. The maximum absolute atomic E-state index is 13.2. The van der Waals surface area contributed by atoms with Crippen molar-refractivity contribution in [3.05, 3.63) is 52.7 Å². The number of nitrogens with two attached hydrogens (primary N) is 1. The van der Waals surface area contributed by atoms with Crippen molar-refractivity contribution in [2.45, 2.75) is 29.9 Å². The van der Waals surface area contributed by atoms with E-state index in [9.17, 15) is 12.8 Å². The largest absolute Gasteiger partial charge is 0.367 e. The minimum Gasteiger partial charge on any atom is -0.367 e. The lowest BCUT2D eigenvalue weighted by molar-refractivity contribution is -0.0605. The van der Waals surface area contributed by atoms with Crippen LogP contribution in [0.3, 0.4) is 0 Å². The van der Waals surface area contributed by atoms with Crippen molar-refractivity contribution in [1.82, 2.24) is 10.2 Å². The fourth-order valence-corrected chi connectivity index (χ4v) is 4.81. The number of hydrogen-bond donors (Lipinski definition) is 2. The molecular formula is C18H23FN4O3S2. The molecule has 28 heavy (non-hydrogen) atoms. The van der Waals surface area contributed by atoms with Gasteiger partial charge in [-0.1, -0.05) is 12.1 Å². The number of benzene rings is 1. The molecule has 2 atom stereocenters. The molecule has 10 heteroatoms. The zero-order valence-electron chi connectivity index (χ0n) is 15.6. The highest BCUT2D eigenvalue weighted by atomic mass is 32.2. The van der Waals surface area contributed by atoms with Gasteiger partial charge in [0.15, 0.2) is 5.96 Å². The topological polar surface area (TPSA) is 97.0 Å². The molecule has 0 amide bonds. The molecule has 7 nitrogen and oxygen atoms in total. The normalized spacial score (nSPS) is 21.0. The van der Waals surface area contributed by atoms with Gasteiger partial charge in [0.2, 0.25) is 10.0 Å². The molecule has 0 saturated carbocycles. The number of sulfonamides is 1. The van der Waals surface area contributed by atoms with Gasteiger partial charge in [-0.05, 0) is 36.8 Å². The smallest absolute Gasteiger partial charge is 0.247 e. The van der Waals surface area contributed by atoms with Crippen LogP contribution < -0.4 is 10.5 Å². The molecule has 1 saturated heterocycles. The van der Waals surface area contributed by atoms with Crippen molar-refractivity contribution < 1.29 is 17.5 Å². The van der Waals surface area contributed by atoms with E-state index in [4.69, 9.17) is 9.88 Å². The third kappa shape index (κ3) is 5.07.